The Kier molecular flexibility index (Phi) is 3.64. The fraction of sp³-hybridized carbons (Fsp3) is 0.188. The van der Waals surface area contributed by atoms with Crippen LogP contribution >= 0.6 is 23.8 Å². The third kappa shape index (κ3) is 2.79. The van der Waals surface area contributed by atoms with Crippen LogP contribution in [0.4, 0.5) is 5.69 Å². The number of rotatable bonds is 4. The molecule has 102 valence electrons. The second-order valence-corrected chi connectivity index (χ2v) is 5.91. The molecule has 1 saturated carbocycles. The lowest BCUT2D eigenvalue weighted by Gasteiger charge is -2.09. The first-order valence-corrected chi connectivity index (χ1v) is 7.34. The Hall–Kier alpha value is -1.58. The van der Waals surface area contributed by atoms with Crippen LogP contribution in [0.5, 0.6) is 0 Å². The minimum atomic E-state index is 0.368. The van der Waals surface area contributed by atoms with Gasteiger partial charge >= 0.3 is 0 Å². The molecule has 0 aromatic heterocycles. The molecule has 2 nitrogen and oxygen atoms in total. The summed E-state index contributed by atoms with van der Waals surface area (Å²) in [5, 5.41) is 4.14. The molecule has 1 aliphatic rings. The predicted octanol–water partition coefficient (Wildman–Crippen LogP) is 3.94. The van der Waals surface area contributed by atoms with Gasteiger partial charge in [-0.05, 0) is 30.2 Å². The molecule has 2 atom stereocenters. The Morgan fingerprint density at radius 3 is 2.60 bits per heavy atom. The first-order valence-electron chi connectivity index (χ1n) is 6.56. The highest BCUT2D eigenvalue weighted by molar-refractivity contribution is 7.80. The van der Waals surface area contributed by atoms with E-state index < -0.39 is 0 Å². The zero-order chi connectivity index (χ0) is 14.1. The van der Waals surface area contributed by atoms with Gasteiger partial charge in [0.25, 0.3) is 0 Å². The Morgan fingerprint density at radius 2 is 1.95 bits per heavy atom. The summed E-state index contributed by atoms with van der Waals surface area (Å²) < 4.78 is 0. The van der Waals surface area contributed by atoms with Crippen LogP contribution in [-0.2, 0) is 0 Å². The van der Waals surface area contributed by atoms with Crippen molar-refractivity contribution in [3.8, 4) is 0 Å². The van der Waals surface area contributed by atoms with E-state index in [1.54, 1.807) is 0 Å². The number of nitrogens with one attached hydrogen (secondary N) is 1. The van der Waals surface area contributed by atoms with Crippen LogP contribution in [0.15, 0.2) is 48.5 Å². The maximum absolute atomic E-state index is 6.26. The normalized spacial score (nSPS) is 20.4. The van der Waals surface area contributed by atoms with Gasteiger partial charge in [0.15, 0.2) is 0 Å². The summed E-state index contributed by atoms with van der Waals surface area (Å²) >= 11 is 11.2. The van der Waals surface area contributed by atoms with Crippen LogP contribution in [0.3, 0.4) is 0 Å². The van der Waals surface area contributed by atoms with E-state index in [9.17, 15) is 0 Å². The maximum atomic E-state index is 6.26. The molecular weight excluding hydrogens is 288 g/mol. The largest absolute Gasteiger partial charge is 0.389 e. The van der Waals surface area contributed by atoms with Crippen LogP contribution in [-0.4, -0.2) is 11.0 Å². The molecule has 4 heteroatoms. The highest BCUT2D eigenvalue weighted by Crippen LogP contribution is 2.43. The first kappa shape index (κ1) is 13.4. The van der Waals surface area contributed by atoms with Gasteiger partial charge in [-0.15, -0.1) is 0 Å². The SMILES string of the molecule is NC(=S)c1ccc(NC2CC2c2ccccc2)c(Cl)c1. The average molecular weight is 303 g/mol. The summed E-state index contributed by atoms with van der Waals surface area (Å²) in [7, 11) is 0. The third-order valence-corrected chi connectivity index (χ3v) is 4.16. The topological polar surface area (TPSA) is 38.0 Å². The van der Waals surface area contributed by atoms with Crippen LogP contribution in [0.1, 0.15) is 23.5 Å². The Bertz CT molecular complexity index is 642. The van der Waals surface area contributed by atoms with Gasteiger partial charge in [0.1, 0.15) is 4.99 Å². The van der Waals surface area contributed by atoms with E-state index in [2.05, 4.69) is 29.6 Å². The standard InChI is InChI=1S/C16H15ClN2S/c17-13-8-11(16(18)20)6-7-14(13)19-15-9-12(15)10-4-2-1-3-5-10/h1-8,12,15,19H,9H2,(H2,18,20). The minimum Gasteiger partial charge on any atom is -0.389 e. The van der Waals surface area contributed by atoms with Crippen molar-refractivity contribution in [3.63, 3.8) is 0 Å². The quantitative estimate of drug-likeness (QED) is 0.840. The molecule has 2 aromatic carbocycles. The van der Waals surface area contributed by atoms with Crippen molar-refractivity contribution in [2.24, 2.45) is 5.73 Å². The van der Waals surface area contributed by atoms with Crippen LogP contribution in [0.25, 0.3) is 0 Å². The number of hydrogen-bond acceptors (Lipinski definition) is 2. The van der Waals surface area contributed by atoms with Gasteiger partial charge in [-0.3, -0.25) is 0 Å². The zero-order valence-electron chi connectivity index (χ0n) is 10.8. The molecule has 0 amide bonds. The van der Waals surface area contributed by atoms with Crippen molar-refractivity contribution in [1.29, 1.82) is 0 Å². The average Bonchev–Trinajstić information content (AvgIpc) is 3.21. The van der Waals surface area contributed by atoms with E-state index in [4.69, 9.17) is 29.6 Å². The lowest BCUT2D eigenvalue weighted by atomic mass is 10.1. The van der Waals surface area contributed by atoms with Gasteiger partial charge in [-0.1, -0.05) is 54.2 Å². The maximum Gasteiger partial charge on any atom is 0.104 e. The van der Waals surface area contributed by atoms with Crippen LogP contribution in [0.2, 0.25) is 5.02 Å². The lowest BCUT2D eigenvalue weighted by molar-refractivity contribution is 1.05. The number of anilines is 1. The molecule has 3 rings (SSSR count). The summed E-state index contributed by atoms with van der Waals surface area (Å²) in [4.78, 5) is 0.368. The Morgan fingerprint density at radius 1 is 1.20 bits per heavy atom. The molecule has 1 fully saturated rings. The Labute approximate surface area is 128 Å². The van der Waals surface area contributed by atoms with Crippen molar-refractivity contribution in [3.05, 3.63) is 64.7 Å². The smallest absolute Gasteiger partial charge is 0.104 e. The number of halogens is 1. The van der Waals surface area contributed by atoms with Gasteiger partial charge in [-0.2, -0.15) is 0 Å². The van der Waals surface area contributed by atoms with Gasteiger partial charge in [-0.25, -0.2) is 0 Å². The highest BCUT2D eigenvalue weighted by Gasteiger charge is 2.38. The van der Waals surface area contributed by atoms with Gasteiger partial charge in [0.2, 0.25) is 0 Å². The molecule has 0 heterocycles. The second kappa shape index (κ2) is 5.43. The summed E-state index contributed by atoms with van der Waals surface area (Å²) in [5.41, 5.74) is 8.71. The van der Waals surface area contributed by atoms with E-state index in [0.29, 0.717) is 22.0 Å². The molecule has 1 aliphatic carbocycles. The molecule has 2 unspecified atom stereocenters. The molecule has 2 aromatic rings. The number of nitrogens with two attached hydrogens (primary N) is 1. The van der Waals surface area contributed by atoms with Gasteiger partial charge in [0.05, 0.1) is 10.7 Å². The van der Waals surface area contributed by atoms with E-state index in [0.717, 1.165) is 17.7 Å². The lowest BCUT2D eigenvalue weighted by Crippen LogP contribution is -2.10. The highest BCUT2D eigenvalue weighted by atomic mass is 35.5. The van der Waals surface area contributed by atoms with Crippen molar-refractivity contribution < 1.29 is 0 Å². The van der Waals surface area contributed by atoms with Gasteiger partial charge in [0, 0.05) is 17.5 Å². The van der Waals surface area contributed by atoms with E-state index in [1.165, 1.54) is 5.56 Å². The molecular formula is C16H15ClN2S. The molecule has 0 bridgehead atoms. The number of benzene rings is 2. The summed E-state index contributed by atoms with van der Waals surface area (Å²) in [6.45, 7) is 0. The van der Waals surface area contributed by atoms with E-state index in [1.807, 2.05) is 24.3 Å². The molecule has 0 aliphatic heterocycles. The van der Waals surface area contributed by atoms with E-state index >= 15 is 0 Å². The van der Waals surface area contributed by atoms with Crippen LogP contribution < -0.4 is 11.1 Å². The molecule has 0 saturated heterocycles. The summed E-state index contributed by atoms with van der Waals surface area (Å²) in [6.07, 6.45) is 1.14. The van der Waals surface area contributed by atoms with E-state index in [-0.39, 0.29) is 0 Å². The summed E-state index contributed by atoms with van der Waals surface area (Å²) in [6, 6.07) is 16.6. The van der Waals surface area contributed by atoms with Crippen molar-refractivity contribution >= 4 is 34.5 Å². The molecule has 20 heavy (non-hydrogen) atoms. The molecule has 3 N–H and O–H groups in total. The third-order valence-electron chi connectivity index (χ3n) is 3.61. The predicted molar refractivity (Wildman–Crippen MR) is 88.6 cm³/mol. The monoisotopic (exact) mass is 302 g/mol. The minimum absolute atomic E-state index is 0.368. The van der Waals surface area contributed by atoms with Crippen molar-refractivity contribution in [1.82, 2.24) is 0 Å². The summed E-state index contributed by atoms with van der Waals surface area (Å²) in [5.74, 6) is 0.572. The Balaban J connectivity index is 1.70. The fourth-order valence-electron chi connectivity index (χ4n) is 2.41. The van der Waals surface area contributed by atoms with Gasteiger partial charge < -0.3 is 11.1 Å². The van der Waals surface area contributed by atoms with Crippen molar-refractivity contribution in [2.45, 2.75) is 18.4 Å². The second-order valence-electron chi connectivity index (χ2n) is 5.06. The van der Waals surface area contributed by atoms with Crippen molar-refractivity contribution in [2.75, 3.05) is 5.32 Å². The fourth-order valence-corrected chi connectivity index (χ4v) is 2.77. The molecule has 0 radical (unpaired) electrons. The zero-order valence-corrected chi connectivity index (χ0v) is 12.4. The first-order chi connectivity index (χ1) is 9.65. The van der Waals surface area contributed by atoms with Crippen LogP contribution in [0, 0.1) is 0 Å². The molecule has 0 spiro atoms. The number of thiocarbonyl (C=S) groups is 1. The number of hydrogen-bond donors (Lipinski definition) is 2.